The van der Waals surface area contributed by atoms with Crippen LogP contribution in [-0.2, 0) is 14.6 Å². The molecule has 1 atom stereocenters. The number of carbonyl (C=O) groups is 2. The van der Waals surface area contributed by atoms with Crippen molar-refractivity contribution in [1.82, 2.24) is 10.3 Å². The number of para-hydroxylation sites is 1. The van der Waals surface area contributed by atoms with Gasteiger partial charge in [0.25, 0.3) is 11.7 Å². The molecule has 3 rings (SSSR count). The molecule has 1 aliphatic rings. The number of sulfone groups is 1. The molecular formula is C15H16N2O4S. The Morgan fingerprint density at radius 2 is 2.00 bits per heavy atom. The van der Waals surface area contributed by atoms with Crippen LogP contribution in [0.3, 0.4) is 0 Å². The molecule has 6 nitrogen and oxygen atoms in total. The van der Waals surface area contributed by atoms with Crippen molar-refractivity contribution in [3.05, 3.63) is 35.5 Å². The van der Waals surface area contributed by atoms with Gasteiger partial charge in [-0.1, -0.05) is 18.2 Å². The average Bonchev–Trinajstić information content (AvgIpc) is 2.96. The van der Waals surface area contributed by atoms with E-state index in [-0.39, 0.29) is 11.5 Å². The lowest BCUT2D eigenvalue weighted by atomic mass is 10.1. The third kappa shape index (κ3) is 2.64. The normalized spacial score (nSPS) is 20.1. The van der Waals surface area contributed by atoms with Gasteiger partial charge in [-0.25, -0.2) is 8.42 Å². The predicted molar refractivity (Wildman–Crippen MR) is 82.6 cm³/mol. The summed E-state index contributed by atoms with van der Waals surface area (Å²) in [6.07, 6.45) is 0.355. The van der Waals surface area contributed by atoms with Gasteiger partial charge >= 0.3 is 0 Å². The van der Waals surface area contributed by atoms with Crippen LogP contribution in [0.4, 0.5) is 0 Å². The Morgan fingerprint density at radius 3 is 2.68 bits per heavy atom. The van der Waals surface area contributed by atoms with Crippen molar-refractivity contribution in [2.24, 2.45) is 0 Å². The first-order valence-electron chi connectivity index (χ1n) is 7.00. The second-order valence-electron chi connectivity index (χ2n) is 5.57. The van der Waals surface area contributed by atoms with Crippen LogP contribution in [0.5, 0.6) is 0 Å². The van der Waals surface area contributed by atoms with Crippen molar-refractivity contribution in [1.29, 1.82) is 0 Å². The summed E-state index contributed by atoms with van der Waals surface area (Å²) in [7, 11) is -3.10. The monoisotopic (exact) mass is 320 g/mol. The Bertz CT molecular complexity index is 867. The van der Waals surface area contributed by atoms with Gasteiger partial charge in [-0.3, -0.25) is 9.59 Å². The maximum atomic E-state index is 12.4. The fourth-order valence-corrected chi connectivity index (χ4v) is 4.52. The van der Waals surface area contributed by atoms with Crippen LogP contribution >= 0.6 is 0 Å². The summed E-state index contributed by atoms with van der Waals surface area (Å²) in [6, 6.07) is 6.77. The van der Waals surface area contributed by atoms with Crippen molar-refractivity contribution < 1.29 is 18.0 Å². The number of hydrogen-bond acceptors (Lipinski definition) is 4. The van der Waals surface area contributed by atoms with Gasteiger partial charge in [0, 0.05) is 22.6 Å². The molecule has 0 radical (unpaired) electrons. The summed E-state index contributed by atoms with van der Waals surface area (Å²) in [6.45, 7) is 1.74. The number of fused-ring (bicyclic) bond motifs is 1. The number of carbonyl (C=O) groups excluding carboxylic acids is 2. The minimum atomic E-state index is -3.10. The van der Waals surface area contributed by atoms with Crippen molar-refractivity contribution in [2.75, 3.05) is 11.5 Å². The number of aromatic amines is 1. The lowest BCUT2D eigenvalue weighted by Crippen LogP contribution is -2.40. The summed E-state index contributed by atoms with van der Waals surface area (Å²) < 4.78 is 22.8. The Kier molecular flexibility index (Phi) is 3.52. The minimum Gasteiger partial charge on any atom is -0.358 e. The fourth-order valence-electron chi connectivity index (χ4n) is 2.84. The van der Waals surface area contributed by atoms with Crippen LogP contribution in [0.25, 0.3) is 10.9 Å². The van der Waals surface area contributed by atoms with Crippen LogP contribution in [0.1, 0.15) is 22.5 Å². The molecule has 1 fully saturated rings. The van der Waals surface area contributed by atoms with Gasteiger partial charge < -0.3 is 10.3 Å². The van der Waals surface area contributed by atoms with Gasteiger partial charge in [-0.15, -0.1) is 0 Å². The Morgan fingerprint density at radius 1 is 1.27 bits per heavy atom. The highest BCUT2D eigenvalue weighted by molar-refractivity contribution is 7.91. The highest BCUT2D eigenvalue weighted by Gasteiger charge is 2.31. The van der Waals surface area contributed by atoms with E-state index >= 15 is 0 Å². The molecule has 2 aromatic rings. The van der Waals surface area contributed by atoms with Gasteiger partial charge in [-0.2, -0.15) is 0 Å². The Labute approximate surface area is 127 Å². The average molecular weight is 320 g/mol. The maximum Gasteiger partial charge on any atom is 0.292 e. The molecule has 0 aliphatic carbocycles. The first-order valence-corrected chi connectivity index (χ1v) is 8.82. The van der Waals surface area contributed by atoms with Crippen molar-refractivity contribution in [2.45, 2.75) is 19.4 Å². The molecule has 7 heteroatoms. The lowest BCUT2D eigenvalue weighted by molar-refractivity contribution is -0.117. The van der Waals surface area contributed by atoms with Gasteiger partial charge in [-0.05, 0) is 19.4 Å². The molecule has 1 aromatic carbocycles. The molecule has 0 bridgehead atoms. The Hall–Kier alpha value is -2.15. The van der Waals surface area contributed by atoms with Crippen LogP contribution in [-0.4, -0.2) is 42.6 Å². The summed E-state index contributed by atoms with van der Waals surface area (Å²) in [5, 5.41) is 3.23. The Balaban J connectivity index is 1.84. The van der Waals surface area contributed by atoms with E-state index in [2.05, 4.69) is 10.3 Å². The van der Waals surface area contributed by atoms with E-state index in [4.69, 9.17) is 0 Å². The third-order valence-electron chi connectivity index (χ3n) is 3.89. The molecule has 2 N–H and O–H groups in total. The first-order chi connectivity index (χ1) is 10.4. The van der Waals surface area contributed by atoms with E-state index in [9.17, 15) is 18.0 Å². The molecule has 1 unspecified atom stereocenters. The molecule has 0 spiro atoms. The van der Waals surface area contributed by atoms with E-state index in [1.165, 1.54) is 0 Å². The smallest absolute Gasteiger partial charge is 0.292 e. The van der Waals surface area contributed by atoms with Gasteiger partial charge in [0.05, 0.1) is 17.1 Å². The van der Waals surface area contributed by atoms with E-state index in [1.807, 2.05) is 12.1 Å². The maximum absolute atomic E-state index is 12.4. The largest absolute Gasteiger partial charge is 0.358 e. The number of hydrogen-bond donors (Lipinski definition) is 2. The van der Waals surface area contributed by atoms with Crippen molar-refractivity contribution in [3.63, 3.8) is 0 Å². The van der Waals surface area contributed by atoms with Gasteiger partial charge in [0.1, 0.15) is 0 Å². The number of nitrogens with one attached hydrogen (secondary N) is 2. The van der Waals surface area contributed by atoms with Gasteiger partial charge in [0.15, 0.2) is 9.84 Å². The number of aryl methyl sites for hydroxylation is 1. The third-order valence-corrected chi connectivity index (χ3v) is 5.66. The van der Waals surface area contributed by atoms with Gasteiger partial charge in [0.2, 0.25) is 0 Å². The van der Waals surface area contributed by atoms with Crippen LogP contribution < -0.4 is 5.32 Å². The van der Waals surface area contributed by atoms with E-state index in [0.717, 1.165) is 5.52 Å². The molecule has 0 saturated carbocycles. The van der Waals surface area contributed by atoms with E-state index in [1.54, 1.807) is 19.1 Å². The molecule has 22 heavy (non-hydrogen) atoms. The number of aromatic nitrogens is 1. The summed E-state index contributed by atoms with van der Waals surface area (Å²) in [5.74, 6) is -1.44. The summed E-state index contributed by atoms with van der Waals surface area (Å²) >= 11 is 0. The molecule has 1 aliphatic heterocycles. The zero-order chi connectivity index (χ0) is 15.9. The summed E-state index contributed by atoms with van der Waals surface area (Å²) in [4.78, 5) is 27.6. The zero-order valence-electron chi connectivity index (χ0n) is 12.0. The summed E-state index contributed by atoms with van der Waals surface area (Å²) in [5.41, 5.74) is 1.76. The number of benzene rings is 1. The second kappa shape index (κ2) is 5.24. The quantitative estimate of drug-likeness (QED) is 0.650. The minimum absolute atomic E-state index is 0.0538. The predicted octanol–water partition coefficient (Wildman–Crippen LogP) is 0.962. The number of ketones is 1. The number of rotatable bonds is 3. The molecular weight excluding hydrogens is 304 g/mol. The lowest BCUT2D eigenvalue weighted by Gasteiger charge is -2.10. The fraction of sp³-hybridized carbons (Fsp3) is 0.333. The van der Waals surface area contributed by atoms with Crippen LogP contribution in [0, 0.1) is 6.92 Å². The first kappa shape index (κ1) is 14.8. The van der Waals surface area contributed by atoms with E-state index in [0.29, 0.717) is 23.1 Å². The van der Waals surface area contributed by atoms with Crippen LogP contribution in [0.2, 0.25) is 0 Å². The second-order valence-corrected chi connectivity index (χ2v) is 7.80. The van der Waals surface area contributed by atoms with Crippen molar-refractivity contribution in [3.8, 4) is 0 Å². The number of Topliss-reactive ketones (excluding diaryl/α,β-unsaturated/α-hetero) is 1. The highest BCUT2D eigenvalue weighted by atomic mass is 32.2. The number of H-pyrrole nitrogens is 1. The van der Waals surface area contributed by atoms with E-state index < -0.39 is 27.6 Å². The molecule has 1 aromatic heterocycles. The standard InChI is InChI=1S/C15H16N2O4S/c1-9-13(11-4-2-3-5-12(11)16-9)14(18)15(19)17-10-6-7-22(20,21)8-10/h2-5,10,16H,6-8H2,1H3,(H,17,19). The topological polar surface area (TPSA) is 96.1 Å². The van der Waals surface area contributed by atoms with Crippen LogP contribution in [0.15, 0.2) is 24.3 Å². The molecule has 2 heterocycles. The number of amides is 1. The SMILES string of the molecule is Cc1[nH]c2ccccc2c1C(=O)C(=O)NC1CCS(=O)(=O)C1. The molecule has 1 amide bonds. The zero-order valence-corrected chi connectivity index (χ0v) is 12.9. The molecule has 116 valence electrons. The van der Waals surface area contributed by atoms with Crippen molar-refractivity contribution >= 4 is 32.4 Å². The highest BCUT2D eigenvalue weighted by Crippen LogP contribution is 2.22. The molecule has 1 saturated heterocycles.